The van der Waals surface area contributed by atoms with Crippen LogP contribution in [0.5, 0.6) is 0 Å². The fourth-order valence-corrected chi connectivity index (χ4v) is 7.69. The zero-order valence-corrected chi connectivity index (χ0v) is 14.7. The predicted molar refractivity (Wildman–Crippen MR) is 91.9 cm³/mol. The Kier molecular flexibility index (Phi) is 4.11. The Hall–Kier alpha value is -0.710. The molecule has 0 unspecified atom stereocenters. The van der Waals surface area contributed by atoms with Crippen molar-refractivity contribution in [3.05, 3.63) is 0 Å². The van der Waals surface area contributed by atoms with Crippen LogP contribution in [0.15, 0.2) is 0 Å². The van der Waals surface area contributed by atoms with Gasteiger partial charge in [0.15, 0.2) is 0 Å². The number of hydrogen-bond acceptors (Lipinski definition) is 3. The van der Waals surface area contributed by atoms with Crippen LogP contribution in [0.25, 0.3) is 0 Å². The molecule has 1 heterocycles. The lowest BCUT2D eigenvalue weighted by atomic mass is 9.56. The van der Waals surface area contributed by atoms with Crippen LogP contribution in [-0.4, -0.2) is 39.8 Å². The summed E-state index contributed by atoms with van der Waals surface area (Å²) in [6.07, 6.45) is 11.0. The molecule has 0 aromatic heterocycles. The molecule has 4 bridgehead atoms. The van der Waals surface area contributed by atoms with Gasteiger partial charge in [-0.3, -0.25) is 9.59 Å². The van der Waals surface area contributed by atoms with Crippen LogP contribution >= 0.6 is 11.8 Å². The first kappa shape index (κ1) is 15.8. The van der Waals surface area contributed by atoms with Crippen LogP contribution < -0.4 is 5.73 Å². The third-order valence-electron chi connectivity index (χ3n) is 6.64. The molecule has 0 spiro atoms. The highest BCUT2D eigenvalue weighted by molar-refractivity contribution is 8.01. The molecule has 4 aliphatic carbocycles. The van der Waals surface area contributed by atoms with Crippen LogP contribution in [0.3, 0.4) is 0 Å². The number of carbonyl (C=O) groups is 2. The van der Waals surface area contributed by atoms with E-state index >= 15 is 0 Å². The molecule has 5 rings (SSSR count). The SMILES string of the molecule is NC(=O)[C@H]1CCCCN1C(=O)CSC12CC3CC(CC(C3)C1)C2. The second kappa shape index (κ2) is 5.98. The van der Waals surface area contributed by atoms with Gasteiger partial charge in [-0.15, -0.1) is 11.8 Å². The molecule has 4 saturated carbocycles. The summed E-state index contributed by atoms with van der Waals surface area (Å²) in [6, 6.07) is -0.367. The molecule has 1 atom stereocenters. The van der Waals surface area contributed by atoms with E-state index in [1.165, 1.54) is 38.5 Å². The molecule has 1 aliphatic heterocycles. The first-order valence-corrected chi connectivity index (χ1v) is 10.3. The van der Waals surface area contributed by atoms with Gasteiger partial charge in [-0.2, -0.15) is 0 Å². The molecule has 5 fully saturated rings. The first-order chi connectivity index (χ1) is 11.0. The fourth-order valence-electron chi connectivity index (χ4n) is 6.03. The first-order valence-electron chi connectivity index (χ1n) is 9.27. The summed E-state index contributed by atoms with van der Waals surface area (Å²) in [5.41, 5.74) is 5.50. The molecule has 2 N–H and O–H groups in total. The van der Waals surface area contributed by atoms with Crippen molar-refractivity contribution in [3.8, 4) is 0 Å². The largest absolute Gasteiger partial charge is 0.368 e. The number of nitrogens with two attached hydrogens (primary N) is 1. The Bertz CT molecular complexity index is 472. The van der Waals surface area contributed by atoms with Crippen LogP contribution in [0.2, 0.25) is 0 Å². The molecule has 5 heteroatoms. The monoisotopic (exact) mass is 336 g/mol. The Balaban J connectivity index is 1.38. The van der Waals surface area contributed by atoms with E-state index in [9.17, 15) is 9.59 Å². The number of rotatable bonds is 4. The second-order valence-corrected chi connectivity index (χ2v) is 9.83. The molecule has 1 saturated heterocycles. The molecule has 0 radical (unpaired) electrons. The van der Waals surface area contributed by atoms with E-state index in [-0.39, 0.29) is 17.9 Å². The van der Waals surface area contributed by atoms with E-state index in [1.807, 2.05) is 11.8 Å². The highest BCUT2D eigenvalue weighted by Gasteiger charge is 2.51. The van der Waals surface area contributed by atoms with E-state index in [0.717, 1.165) is 37.0 Å². The lowest BCUT2D eigenvalue weighted by molar-refractivity contribution is -0.138. The van der Waals surface area contributed by atoms with Gasteiger partial charge >= 0.3 is 0 Å². The average Bonchev–Trinajstić information content (AvgIpc) is 2.51. The topological polar surface area (TPSA) is 63.4 Å². The van der Waals surface area contributed by atoms with Crippen molar-refractivity contribution < 1.29 is 9.59 Å². The third-order valence-corrected chi connectivity index (χ3v) is 8.14. The number of piperidine rings is 1. The Morgan fingerprint density at radius 3 is 2.22 bits per heavy atom. The Morgan fingerprint density at radius 2 is 1.65 bits per heavy atom. The number of likely N-dealkylation sites (tertiary alicyclic amines) is 1. The smallest absolute Gasteiger partial charge is 0.240 e. The minimum atomic E-state index is -0.367. The molecule has 5 aliphatic rings. The number of hydrogen-bond donors (Lipinski definition) is 1. The van der Waals surface area contributed by atoms with E-state index in [4.69, 9.17) is 5.73 Å². The molecule has 0 aromatic rings. The van der Waals surface area contributed by atoms with Crippen molar-refractivity contribution >= 4 is 23.6 Å². The standard InChI is InChI=1S/C18H28N2O2S/c19-17(22)15-3-1-2-4-20(15)16(21)11-23-18-8-12-5-13(9-18)7-14(6-12)10-18/h12-15H,1-11H2,(H2,19,22)/t12?,13?,14?,15-,18?/m1/s1. The van der Waals surface area contributed by atoms with Crippen molar-refractivity contribution in [3.63, 3.8) is 0 Å². The van der Waals surface area contributed by atoms with Crippen LogP contribution in [0.1, 0.15) is 57.8 Å². The highest BCUT2D eigenvalue weighted by Crippen LogP contribution is 2.60. The van der Waals surface area contributed by atoms with Crippen LogP contribution in [0.4, 0.5) is 0 Å². The van der Waals surface area contributed by atoms with Crippen molar-refractivity contribution in [2.24, 2.45) is 23.5 Å². The maximum atomic E-state index is 12.7. The zero-order valence-electron chi connectivity index (χ0n) is 13.8. The maximum absolute atomic E-state index is 12.7. The maximum Gasteiger partial charge on any atom is 0.240 e. The van der Waals surface area contributed by atoms with E-state index < -0.39 is 0 Å². The summed E-state index contributed by atoms with van der Waals surface area (Å²) in [5, 5.41) is 0. The number of thioether (sulfide) groups is 1. The number of amides is 2. The second-order valence-electron chi connectivity index (χ2n) is 8.39. The summed E-state index contributed by atoms with van der Waals surface area (Å²) in [4.78, 5) is 26.1. The molecule has 128 valence electrons. The van der Waals surface area contributed by atoms with Crippen molar-refractivity contribution in [1.82, 2.24) is 4.90 Å². The van der Waals surface area contributed by atoms with Gasteiger partial charge < -0.3 is 10.6 Å². The van der Waals surface area contributed by atoms with Crippen LogP contribution in [-0.2, 0) is 9.59 Å². The van der Waals surface area contributed by atoms with Gasteiger partial charge in [0, 0.05) is 11.3 Å². The van der Waals surface area contributed by atoms with Gasteiger partial charge in [-0.25, -0.2) is 0 Å². The Labute approximate surface area is 142 Å². The normalized spacial score (nSPS) is 42.0. The summed E-state index contributed by atoms with van der Waals surface area (Å²) >= 11 is 1.91. The highest BCUT2D eigenvalue weighted by atomic mass is 32.2. The molecular formula is C18H28N2O2S. The summed E-state index contributed by atoms with van der Waals surface area (Å²) in [6.45, 7) is 0.702. The summed E-state index contributed by atoms with van der Waals surface area (Å²) < 4.78 is 0.364. The molecule has 23 heavy (non-hydrogen) atoms. The van der Waals surface area contributed by atoms with Gasteiger partial charge in [0.25, 0.3) is 0 Å². The predicted octanol–water partition coefficient (Wildman–Crippen LogP) is 2.55. The van der Waals surface area contributed by atoms with Gasteiger partial charge in [0.1, 0.15) is 6.04 Å². The molecular weight excluding hydrogens is 308 g/mol. The number of nitrogens with zero attached hydrogens (tertiary/aromatic N) is 1. The van der Waals surface area contributed by atoms with Crippen molar-refractivity contribution in [2.75, 3.05) is 12.3 Å². The van der Waals surface area contributed by atoms with Crippen molar-refractivity contribution in [1.29, 1.82) is 0 Å². The number of primary amides is 1. The minimum Gasteiger partial charge on any atom is -0.368 e. The van der Waals surface area contributed by atoms with E-state index in [1.54, 1.807) is 4.90 Å². The summed E-state index contributed by atoms with van der Waals surface area (Å²) in [5.74, 6) is 3.08. The van der Waals surface area contributed by atoms with Gasteiger partial charge in [-0.1, -0.05) is 0 Å². The van der Waals surface area contributed by atoms with Crippen LogP contribution in [0, 0.1) is 17.8 Å². The Morgan fingerprint density at radius 1 is 1.04 bits per heavy atom. The zero-order chi connectivity index (χ0) is 16.0. The average molecular weight is 337 g/mol. The quantitative estimate of drug-likeness (QED) is 0.858. The summed E-state index contributed by atoms with van der Waals surface area (Å²) in [7, 11) is 0. The van der Waals surface area contributed by atoms with Gasteiger partial charge in [0.05, 0.1) is 5.75 Å². The minimum absolute atomic E-state index is 0.134. The number of carbonyl (C=O) groups excluding carboxylic acids is 2. The molecule has 2 amide bonds. The molecule has 4 nitrogen and oxygen atoms in total. The fraction of sp³-hybridized carbons (Fsp3) is 0.889. The lowest BCUT2D eigenvalue weighted by Crippen LogP contribution is -2.52. The lowest BCUT2D eigenvalue weighted by Gasteiger charge is -2.56. The molecule has 0 aromatic carbocycles. The van der Waals surface area contributed by atoms with Gasteiger partial charge in [-0.05, 0) is 75.5 Å². The van der Waals surface area contributed by atoms with Gasteiger partial charge in [0.2, 0.25) is 11.8 Å². The van der Waals surface area contributed by atoms with E-state index in [0.29, 0.717) is 17.0 Å². The third kappa shape index (κ3) is 3.01. The van der Waals surface area contributed by atoms with E-state index in [2.05, 4.69) is 0 Å². The van der Waals surface area contributed by atoms with Crippen molar-refractivity contribution in [2.45, 2.75) is 68.6 Å².